The predicted molar refractivity (Wildman–Crippen MR) is 89.4 cm³/mol. The van der Waals surface area contributed by atoms with Gasteiger partial charge in [0.15, 0.2) is 5.76 Å². The van der Waals surface area contributed by atoms with Gasteiger partial charge in [0.2, 0.25) is 5.91 Å². The van der Waals surface area contributed by atoms with Gasteiger partial charge < -0.3 is 20.0 Å². The highest BCUT2D eigenvalue weighted by atomic mass is 16.3. The number of carbonyl (C=O) groups excluding carboxylic acids is 2. The van der Waals surface area contributed by atoms with Gasteiger partial charge in [0.05, 0.1) is 12.8 Å². The van der Waals surface area contributed by atoms with E-state index in [0.29, 0.717) is 45.0 Å². The second-order valence-electron chi connectivity index (χ2n) is 7.13. The van der Waals surface area contributed by atoms with E-state index in [1.807, 2.05) is 4.90 Å². The molecule has 2 fully saturated rings. The quantitative estimate of drug-likeness (QED) is 0.852. The molecule has 0 spiro atoms. The van der Waals surface area contributed by atoms with Gasteiger partial charge in [-0.2, -0.15) is 0 Å². The summed E-state index contributed by atoms with van der Waals surface area (Å²) in [6.45, 7) is 7.34. The molecule has 7 nitrogen and oxygen atoms in total. The molecule has 3 rings (SSSR count). The number of likely N-dealkylation sites (tertiary alicyclic amines) is 1. The molecule has 0 radical (unpaired) electrons. The first-order valence-corrected chi connectivity index (χ1v) is 8.54. The molecule has 1 aromatic rings. The van der Waals surface area contributed by atoms with Crippen LogP contribution in [0.5, 0.6) is 0 Å². The minimum absolute atomic E-state index is 0.106. The number of hydrogen-bond donors (Lipinski definition) is 1. The third kappa shape index (κ3) is 3.62. The SMILES string of the molecule is CC1(CN)CCN(CC(=O)N2CCN(C(=O)c3ccco3)CC2)C1. The highest BCUT2D eigenvalue weighted by Gasteiger charge is 2.34. The maximum atomic E-state index is 12.5. The molecule has 0 aromatic carbocycles. The average Bonchev–Trinajstić information content (AvgIpc) is 3.25. The van der Waals surface area contributed by atoms with Gasteiger partial charge in [0.25, 0.3) is 5.91 Å². The van der Waals surface area contributed by atoms with Crippen molar-refractivity contribution in [1.82, 2.24) is 14.7 Å². The number of piperazine rings is 1. The Hall–Kier alpha value is -1.86. The van der Waals surface area contributed by atoms with Crippen LogP contribution in [0, 0.1) is 5.41 Å². The minimum Gasteiger partial charge on any atom is -0.459 e. The number of rotatable bonds is 4. The van der Waals surface area contributed by atoms with Crippen molar-refractivity contribution >= 4 is 11.8 Å². The van der Waals surface area contributed by atoms with E-state index in [2.05, 4.69) is 11.8 Å². The monoisotopic (exact) mass is 334 g/mol. The fourth-order valence-electron chi connectivity index (χ4n) is 3.43. The van der Waals surface area contributed by atoms with Gasteiger partial charge in [-0.3, -0.25) is 14.5 Å². The van der Waals surface area contributed by atoms with Crippen LogP contribution in [0.1, 0.15) is 23.9 Å². The van der Waals surface area contributed by atoms with Gasteiger partial charge in [0.1, 0.15) is 0 Å². The van der Waals surface area contributed by atoms with Crippen molar-refractivity contribution in [3.8, 4) is 0 Å². The number of nitrogens with two attached hydrogens (primary N) is 1. The fourth-order valence-corrected chi connectivity index (χ4v) is 3.43. The lowest BCUT2D eigenvalue weighted by molar-refractivity contribution is -0.133. The number of hydrogen-bond acceptors (Lipinski definition) is 5. The minimum atomic E-state index is -0.106. The first-order chi connectivity index (χ1) is 11.5. The molecule has 24 heavy (non-hydrogen) atoms. The molecule has 2 aliphatic heterocycles. The molecule has 0 aliphatic carbocycles. The van der Waals surface area contributed by atoms with Crippen molar-refractivity contribution < 1.29 is 14.0 Å². The molecule has 7 heteroatoms. The lowest BCUT2D eigenvalue weighted by Crippen LogP contribution is -2.52. The summed E-state index contributed by atoms with van der Waals surface area (Å²) in [6.07, 6.45) is 2.54. The van der Waals surface area contributed by atoms with Crippen LogP contribution in [-0.2, 0) is 4.79 Å². The van der Waals surface area contributed by atoms with Crippen molar-refractivity contribution in [1.29, 1.82) is 0 Å². The Labute approximate surface area is 142 Å². The zero-order chi connectivity index (χ0) is 17.2. The van der Waals surface area contributed by atoms with Gasteiger partial charge in [0, 0.05) is 32.7 Å². The summed E-state index contributed by atoms with van der Waals surface area (Å²) in [6, 6.07) is 3.37. The predicted octanol–water partition coefficient (Wildman–Crippen LogP) is 0.235. The Kier molecular flexibility index (Phi) is 4.91. The Morgan fingerprint density at radius 3 is 2.50 bits per heavy atom. The smallest absolute Gasteiger partial charge is 0.289 e. The van der Waals surface area contributed by atoms with Crippen LogP contribution in [-0.4, -0.2) is 78.9 Å². The summed E-state index contributed by atoms with van der Waals surface area (Å²) in [4.78, 5) is 30.5. The highest BCUT2D eigenvalue weighted by Crippen LogP contribution is 2.28. The normalized spacial score (nSPS) is 25.2. The van der Waals surface area contributed by atoms with E-state index in [1.54, 1.807) is 17.0 Å². The van der Waals surface area contributed by atoms with E-state index in [9.17, 15) is 9.59 Å². The van der Waals surface area contributed by atoms with Crippen molar-refractivity contribution in [3.63, 3.8) is 0 Å². The van der Waals surface area contributed by atoms with Gasteiger partial charge in [-0.05, 0) is 37.1 Å². The summed E-state index contributed by atoms with van der Waals surface area (Å²) in [5.41, 5.74) is 5.95. The molecule has 2 aliphatic rings. The van der Waals surface area contributed by atoms with E-state index in [0.717, 1.165) is 19.5 Å². The van der Waals surface area contributed by atoms with E-state index in [4.69, 9.17) is 10.2 Å². The second kappa shape index (κ2) is 6.94. The zero-order valence-electron chi connectivity index (χ0n) is 14.2. The summed E-state index contributed by atoms with van der Waals surface area (Å²) < 4.78 is 5.15. The molecule has 2 saturated heterocycles. The first kappa shape index (κ1) is 17.0. The molecule has 132 valence electrons. The Balaban J connectivity index is 1.46. The third-order valence-corrected chi connectivity index (χ3v) is 5.14. The van der Waals surface area contributed by atoms with Crippen LogP contribution < -0.4 is 5.73 Å². The van der Waals surface area contributed by atoms with Crippen molar-refractivity contribution in [3.05, 3.63) is 24.2 Å². The summed E-state index contributed by atoms with van der Waals surface area (Å²) >= 11 is 0. The van der Waals surface area contributed by atoms with Gasteiger partial charge in [-0.1, -0.05) is 6.92 Å². The van der Waals surface area contributed by atoms with E-state index in [-0.39, 0.29) is 17.2 Å². The zero-order valence-corrected chi connectivity index (χ0v) is 14.2. The maximum absolute atomic E-state index is 12.5. The van der Waals surface area contributed by atoms with Gasteiger partial charge in [-0.25, -0.2) is 0 Å². The maximum Gasteiger partial charge on any atom is 0.289 e. The highest BCUT2D eigenvalue weighted by molar-refractivity contribution is 5.91. The third-order valence-electron chi connectivity index (χ3n) is 5.14. The van der Waals surface area contributed by atoms with E-state index < -0.39 is 0 Å². The molecule has 1 aromatic heterocycles. The summed E-state index contributed by atoms with van der Waals surface area (Å²) in [5.74, 6) is 0.389. The second-order valence-corrected chi connectivity index (χ2v) is 7.13. The summed E-state index contributed by atoms with van der Waals surface area (Å²) in [5, 5.41) is 0. The molecule has 3 heterocycles. The molecule has 2 N–H and O–H groups in total. The van der Waals surface area contributed by atoms with Crippen molar-refractivity contribution in [2.75, 3.05) is 52.4 Å². The topological polar surface area (TPSA) is 83.0 Å². The number of furan rings is 1. The number of nitrogens with zero attached hydrogens (tertiary/aromatic N) is 3. The number of amides is 2. The average molecular weight is 334 g/mol. The van der Waals surface area contributed by atoms with Gasteiger partial charge in [-0.15, -0.1) is 0 Å². The lowest BCUT2D eigenvalue weighted by atomic mass is 9.90. The molecular formula is C17H26N4O3. The molecule has 2 amide bonds. The molecule has 0 saturated carbocycles. The largest absolute Gasteiger partial charge is 0.459 e. The van der Waals surface area contributed by atoms with Crippen LogP contribution >= 0.6 is 0 Å². The molecule has 0 bridgehead atoms. The summed E-state index contributed by atoms with van der Waals surface area (Å²) in [7, 11) is 0. The van der Waals surface area contributed by atoms with Crippen LogP contribution in [0.15, 0.2) is 22.8 Å². The van der Waals surface area contributed by atoms with Crippen molar-refractivity contribution in [2.45, 2.75) is 13.3 Å². The van der Waals surface area contributed by atoms with E-state index >= 15 is 0 Å². The molecule has 1 unspecified atom stereocenters. The lowest BCUT2D eigenvalue weighted by Gasteiger charge is -2.35. The van der Waals surface area contributed by atoms with Gasteiger partial charge >= 0.3 is 0 Å². The first-order valence-electron chi connectivity index (χ1n) is 8.54. The molecular weight excluding hydrogens is 308 g/mol. The van der Waals surface area contributed by atoms with Crippen molar-refractivity contribution in [2.24, 2.45) is 11.1 Å². The number of carbonyl (C=O) groups is 2. The Bertz CT molecular complexity index is 581. The standard InChI is InChI=1S/C17H26N4O3/c1-17(12-18)4-5-19(13-17)11-15(22)20-6-8-21(9-7-20)16(23)14-3-2-10-24-14/h2-3,10H,4-9,11-13,18H2,1H3. The Morgan fingerprint density at radius 1 is 1.21 bits per heavy atom. The van der Waals surface area contributed by atoms with Crippen LogP contribution in [0.4, 0.5) is 0 Å². The van der Waals surface area contributed by atoms with Crippen LogP contribution in [0.3, 0.4) is 0 Å². The van der Waals surface area contributed by atoms with Crippen LogP contribution in [0.25, 0.3) is 0 Å². The molecule has 1 atom stereocenters. The van der Waals surface area contributed by atoms with E-state index in [1.165, 1.54) is 6.26 Å². The Morgan fingerprint density at radius 2 is 1.92 bits per heavy atom. The fraction of sp³-hybridized carbons (Fsp3) is 0.647. The van der Waals surface area contributed by atoms with Crippen LogP contribution in [0.2, 0.25) is 0 Å².